The molecule has 0 saturated carbocycles. The number of hydrogen-bond donors (Lipinski definition) is 2. The molecule has 0 bridgehead atoms. The van der Waals surface area contributed by atoms with Gasteiger partial charge >= 0.3 is 12.1 Å². The molecule has 37 heavy (non-hydrogen) atoms. The van der Waals surface area contributed by atoms with Crippen molar-refractivity contribution in [3.8, 4) is 22.9 Å². The van der Waals surface area contributed by atoms with Crippen LogP contribution in [0.1, 0.15) is 28.2 Å². The van der Waals surface area contributed by atoms with Gasteiger partial charge < -0.3 is 14.8 Å². The monoisotopic (exact) mass is 517 g/mol. The first-order chi connectivity index (χ1) is 17.6. The first-order valence-electron chi connectivity index (χ1n) is 10.6. The minimum absolute atomic E-state index is 0.0459. The number of carbonyl (C=O) groups excluding carboxylic acids is 1. The van der Waals surface area contributed by atoms with Gasteiger partial charge in [0, 0.05) is 24.4 Å². The highest BCUT2D eigenvalue weighted by Crippen LogP contribution is 2.42. The molecule has 0 aliphatic carbocycles. The number of ether oxygens (including phenoxy) is 2. The Hall–Kier alpha value is -4.75. The summed E-state index contributed by atoms with van der Waals surface area (Å²) in [5, 5.41) is 6.36. The van der Waals surface area contributed by atoms with Gasteiger partial charge in [-0.25, -0.2) is 9.18 Å². The van der Waals surface area contributed by atoms with E-state index in [0.717, 1.165) is 12.1 Å². The van der Waals surface area contributed by atoms with E-state index in [1.807, 2.05) is 0 Å². The second-order valence-electron chi connectivity index (χ2n) is 7.88. The van der Waals surface area contributed by atoms with Crippen molar-refractivity contribution >= 4 is 5.91 Å². The molecule has 1 amide bonds. The third kappa shape index (κ3) is 4.72. The summed E-state index contributed by atoms with van der Waals surface area (Å²) >= 11 is 0. The van der Waals surface area contributed by atoms with Crippen LogP contribution in [0.4, 0.5) is 17.6 Å². The summed E-state index contributed by atoms with van der Waals surface area (Å²) in [5.41, 5.74) is -0.794. The Bertz CT molecular complexity index is 1520. The molecule has 1 aliphatic rings. The van der Waals surface area contributed by atoms with E-state index in [2.05, 4.69) is 34.7 Å². The largest absolute Gasteiger partial charge is 0.573 e. The molecule has 4 heterocycles. The number of H-pyrrole nitrogens is 1. The van der Waals surface area contributed by atoms with Gasteiger partial charge in [-0.1, -0.05) is 11.2 Å². The molecule has 5 rings (SSSR count). The lowest BCUT2D eigenvalue weighted by Gasteiger charge is -2.39. The molecule has 3 aromatic heterocycles. The number of rotatable bonds is 5. The van der Waals surface area contributed by atoms with E-state index in [1.165, 1.54) is 30.6 Å². The van der Waals surface area contributed by atoms with Crippen LogP contribution in [-0.4, -0.2) is 39.0 Å². The van der Waals surface area contributed by atoms with Gasteiger partial charge in [0.25, 0.3) is 5.91 Å². The Labute approximate surface area is 204 Å². The number of nitrogens with one attached hydrogen (secondary N) is 2. The van der Waals surface area contributed by atoms with Crippen molar-refractivity contribution in [2.75, 3.05) is 6.61 Å². The number of halogens is 4. The van der Waals surface area contributed by atoms with E-state index in [9.17, 15) is 27.2 Å². The number of benzene rings is 1. The average molecular weight is 517 g/mol. The van der Waals surface area contributed by atoms with Crippen LogP contribution in [0.3, 0.4) is 0 Å². The molecule has 0 fully saturated rings. The van der Waals surface area contributed by atoms with Crippen LogP contribution in [-0.2, 0) is 5.54 Å². The fraction of sp³-hybridized carbons (Fsp3) is 0.174. The summed E-state index contributed by atoms with van der Waals surface area (Å²) in [7, 11) is 0. The minimum atomic E-state index is -5.09. The maximum atomic E-state index is 14.7. The van der Waals surface area contributed by atoms with Crippen molar-refractivity contribution in [2.45, 2.75) is 18.3 Å². The molecule has 1 aliphatic heterocycles. The van der Waals surface area contributed by atoms with Crippen LogP contribution in [0.15, 0.2) is 64.2 Å². The number of amides is 1. The fourth-order valence-electron chi connectivity index (χ4n) is 3.99. The number of hydrogen-bond acceptors (Lipinski definition) is 8. The van der Waals surface area contributed by atoms with Crippen molar-refractivity contribution in [3.05, 3.63) is 88.2 Å². The number of aromatic nitrogens is 4. The molecule has 2 N–H and O–H groups in total. The molecule has 1 aromatic carbocycles. The fourth-order valence-corrected chi connectivity index (χ4v) is 3.99. The molecule has 0 spiro atoms. The van der Waals surface area contributed by atoms with Gasteiger partial charge in [-0.3, -0.25) is 24.3 Å². The molecule has 14 heteroatoms. The molecular formula is C23H15F4N5O5. The second-order valence-corrected chi connectivity index (χ2v) is 7.88. The topological polar surface area (TPSA) is 132 Å². The standard InChI is InChI=1S/C23H15F4N5O5/c24-14-10-13(4-6-16(14)36-23(25,26)27)22(7-9-35-17-2-1-8-28-18(17)22)31-20(33)15-5-3-12(11-29-15)19-30-21(34)37-32-19/h1-6,8,10-11H,7,9H2,(H,31,33)(H,30,32,34). The third-order valence-corrected chi connectivity index (χ3v) is 5.60. The van der Waals surface area contributed by atoms with Crippen molar-refractivity contribution in [3.63, 3.8) is 0 Å². The lowest BCUT2D eigenvalue weighted by molar-refractivity contribution is -0.275. The predicted octanol–water partition coefficient (Wildman–Crippen LogP) is 3.31. The number of fused-ring (bicyclic) bond motifs is 1. The predicted molar refractivity (Wildman–Crippen MR) is 116 cm³/mol. The molecule has 10 nitrogen and oxygen atoms in total. The summed E-state index contributed by atoms with van der Waals surface area (Å²) in [4.78, 5) is 35.2. The highest BCUT2D eigenvalue weighted by molar-refractivity contribution is 5.93. The summed E-state index contributed by atoms with van der Waals surface area (Å²) < 4.78 is 66.4. The van der Waals surface area contributed by atoms with Crippen LogP contribution >= 0.6 is 0 Å². The van der Waals surface area contributed by atoms with Crippen molar-refractivity contribution < 1.29 is 36.4 Å². The van der Waals surface area contributed by atoms with E-state index in [0.29, 0.717) is 11.3 Å². The quantitative estimate of drug-likeness (QED) is 0.386. The summed E-state index contributed by atoms with van der Waals surface area (Å²) in [6, 6.07) is 8.94. The summed E-state index contributed by atoms with van der Waals surface area (Å²) in [6.45, 7) is 0.0906. The molecule has 0 saturated heterocycles. The summed E-state index contributed by atoms with van der Waals surface area (Å²) in [5.74, 6) is -3.33. The van der Waals surface area contributed by atoms with E-state index >= 15 is 0 Å². The van der Waals surface area contributed by atoms with E-state index in [1.54, 1.807) is 12.1 Å². The van der Waals surface area contributed by atoms with Crippen LogP contribution in [0, 0.1) is 5.82 Å². The van der Waals surface area contributed by atoms with E-state index in [4.69, 9.17) is 4.74 Å². The Kier molecular flexibility index (Phi) is 5.85. The van der Waals surface area contributed by atoms with Gasteiger partial charge in [-0.05, 0) is 42.0 Å². The molecule has 4 aromatic rings. The second kappa shape index (κ2) is 9.04. The van der Waals surface area contributed by atoms with Crippen LogP contribution in [0.2, 0.25) is 0 Å². The van der Waals surface area contributed by atoms with Gasteiger partial charge in [0.05, 0.1) is 6.61 Å². The Morgan fingerprint density at radius 3 is 2.68 bits per heavy atom. The smallest absolute Gasteiger partial charge is 0.491 e. The number of alkyl halides is 3. The Morgan fingerprint density at radius 1 is 1.16 bits per heavy atom. The van der Waals surface area contributed by atoms with E-state index in [-0.39, 0.29) is 35.8 Å². The third-order valence-electron chi connectivity index (χ3n) is 5.60. The zero-order valence-corrected chi connectivity index (χ0v) is 18.5. The Morgan fingerprint density at radius 2 is 2.00 bits per heavy atom. The van der Waals surface area contributed by atoms with Gasteiger partial charge in [-0.15, -0.1) is 13.2 Å². The van der Waals surface area contributed by atoms with Crippen molar-refractivity contribution in [1.82, 2.24) is 25.4 Å². The number of aromatic amines is 1. The molecule has 1 unspecified atom stereocenters. The molecular weight excluding hydrogens is 502 g/mol. The van der Waals surface area contributed by atoms with Crippen LogP contribution in [0.5, 0.6) is 11.5 Å². The number of pyridine rings is 2. The molecule has 1 atom stereocenters. The normalized spacial score (nSPS) is 17.0. The number of nitrogens with zero attached hydrogens (tertiary/aromatic N) is 3. The Balaban J connectivity index is 1.53. The summed E-state index contributed by atoms with van der Waals surface area (Å²) in [6.07, 6.45) is -2.27. The van der Waals surface area contributed by atoms with E-state index < -0.39 is 35.1 Å². The van der Waals surface area contributed by atoms with Crippen LogP contribution in [0.25, 0.3) is 11.4 Å². The molecule has 190 valence electrons. The zero-order chi connectivity index (χ0) is 26.2. The average Bonchev–Trinajstić information content (AvgIpc) is 3.31. The lowest BCUT2D eigenvalue weighted by Crippen LogP contribution is -2.50. The molecule has 0 radical (unpaired) electrons. The number of carbonyl (C=O) groups is 1. The van der Waals surface area contributed by atoms with Crippen molar-refractivity contribution in [2.24, 2.45) is 0 Å². The van der Waals surface area contributed by atoms with Gasteiger partial charge in [0.1, 0.15) is 22.7 Å². The van der Waals surface area contributed by atoms with Gasteiger partial charge in [0.15, 0.2) is 17.4 Å². The lowest BCUT2D eigenvalue weighted by atomic mass is 9.81. The first kappa shape index (κ1) is 24.0. The first-order valence-corrected chi connectivity index (χ1v) is 10.6. The SMILES string of the molecule is O=C(NC1(c2ccc(OC(F)(F)F)c(F)c2)CCOc2cccnc21)c1ccc(-c2noc(=O)[nH]2)cn1. The highest BCUT2D eigenvalue weighted by atomic mass is 19.4. The van der Waals surface area contributed by atoms with Gasteiger partial charge in [0.2, 0.25) is 0 Å². The highest BCUT2D eigenvalue weighted by Gasteiger charge is 2.43. The van der Waals surface area contributed by atoms with Crippen molar-refractivity contribution in [1.29, 1.82) is 0 Å². The minimum Gasteiger partial charge on any atom is -0.491 e. The van der Waals surface area contributed by atoms with Crippen LogP contribution < -0.4 is 20.5 Å². The maximum Gasteiger partial charge on any atom is 0.573 e. The zero-order valence-electron chi connectivity index (χ0n) is 18.5. The maximum absolute atomic E-state index is 14.7. The van der Waals surface area contributed by atoms with Gasteiger partial charge in [-0.2, -0.15) is 0 Å².